The van der Waals surface area contributed by atoms with E-state index in [2.05, 4.69) is 4.98 Å². The van der Waals surface area contributed by atoms with Gasteiger partial charge in [-0.1, -0.05) is 29.8 Å². The normalized spacial score (nSPS) is 14.1. The maximum Gasteiger partial charge on any atom is 0.139 e. The van der Waals surface area contributed by atoms with Gasteiger partial charge in [-0.25, -0.2) is 14.0 Å². The number of hydrogen-bond donors (Lipinski definition) is 1. The minimum atomic E-state index is -3.11. The third kappa shape index (κ3) is 3.37. The number of ether oxygens (including phenoxy) is 1. The summed E-state index contributed by atoms with van der Waals surface area (Å²) < 4.78 is 25.2. The van der Waals surface area contributed by atoms with E-state index in [1.54, 1.807) is 24.3 Å². The summed E-state index contributed by atoms with van der Waals surface area (Å²) in [5.74, 6) is 0.555. The molecular weight excluding hydrogens is 296 g/mol. The zero-order chi connectivity index (χ0) is 14.6. The van der Waals surface area contributed by atoms with Crippen LogP contribution in [0.4, 0.5) is 0 Å². The molecule has 0 saturated heterocycles. The Bertz CT molecular complexity index is 725. The maximum absolute atomic E-state index is 12.3. The molecule has 0 saturated carbocycles. The second-order valence-electron chi connectivity index (χ2n) is 3.96. The number of halogens is 1. The molecule has 0 aliphatic carbocycles. The summed E-state index contributed by atoms with van der Waals surface area (Å²) in [5, 5.41) is 2.03. The highest BCUT2D eigenvalue weighted by atomic mass is 35.5. The third-order valence-electron chi connectivity index (χ3n) is 2.60. The SMILES string of the molecule is COc1ccc(S(=N)(=O)/C=C/c2ccccc2Cl)nc1. The molecule has 6 heteroatoms. The zero-order valence-corrected chi connectivity index (χ0v) is 12.3. The van der Waals surface area contributed by atoms with Crippen molar-refractivity contribution in [2.24, 2.45) is 0 Å². The minimum Gasteiger partial charge on any atom is -0.495 e. The van der Waals surface area contributed by atoms with Crippen LogP contribution in [0.1, 0.15) is 5.56 Å². The van der Waals surface area contributed by atoms with Crippen molar-refractivity contribution in [1.82, 2.24) is 4.98 Å². The average Bonchev–Trinajstić information content (AvgIpc) is 2.46. The Balaban J connectivity index is 2.29. The molecular formula is C14H13ClN2O2S. The lowest BCUT2D eigenvalue weighted by Crippen LogP contribution is -1.97. The summed E-state index contributed by atoms with van der Waals surface area (Å²) >= 11 is 6.00. The largest absolute Gasteiger partial charge is 0.495 e. The molecule has 0 fully saturated rings. The molecule has 1 unspecified atom stereocenters. The van der Waals surface area contributed by atoms with Crippen molar-refractivity contribution in [3.05, 3.63) is 58.6 Å². The molecule has 0 amide bonds. The van der Waals surface area contributed by atoms with Crippen LogP contribution in [-0.2, 0) is 9.73 Å². The Morgan fingerprint density at radius 3 is 2.65 bits per heavy atom. The summed E-state index contributed by atoms with van der Waals surface area (Å²) in [5.41, 5.74) is 0.711. The molecule has 2 rings (SSSR count). The average molecular weight is 309 g/mol. The van der Waals surface area contributed by atoms with E-state index in [-0.39, 0.29) is 5.03 Å². The van der Waals surface area contributed by atoms with Gasteiger partial charge in [-0.05, 0) is 29.8 Å². The molecule has 1 atom stereocenters. The van der Waals surface area contributed by atoms with Gasteiger partial charge >= 0.3 is 0 Å². The standard InChI is InChI=1S/C14H13ClN2O2S/c1-19-12-6-7-14(17-10-12)20(16,18)9-8-11-4-2-3-5-13(11)15/h2-10,16H,1H3/b9-8+. The predicted octanol–water partition coefficient (Wildman–Crippen LogP) is 3.82. The Labute approximate surface area is 123 Å². The number of nitrogens with zero attached hydrogens (tertiary/aromatic N) is 1. The number of pyridine rings is 1. The van der Waals surface area contributed by atoms with Crippen LogP contribution in [0.2, 0.25) is 5.02 Å². The predicted molar refractivity (Wildman–Crippen MR) is 80.4 cm³/mol. The van der Waals surface area contributed by atoms with E-state index in [9.17, 15) is 4.21 Å². The second-order valence-corrected chi connectivity index (χ2v) is 6.26. The van der Waals surface area contributed by atoms with E-state index in [0.717, 1.165) is 0 Å². The molecule has 0 aliphatic rings. The highest BCUT2D eigenvalue weighted by Crippen LogP contribution is 2.19. The van der Waals surface area contributed by atoms with E-state index in [1.165, 1.54) is 24.8 Å². The zero-order valence-electron chi connectivity index (χ0n) is 10.7. The monoisotopic (exact) mass is 308 g/mol. The van der Waals surface area contributed by atoms with Crippen LogP contribution < -0.4 is 4.74 Å². The van der Waals surface area contributed by atoms with E-state index < -0.39 is 9.73 Å². The fourth-order valence-electron chi connectivity index (χ4n) is 1.52. The minimum absolute atomic E-state index is 0.182. The van der Waals surface area contributed by atoms with Crippen molar-refractivity contribution in [2.75, 3.05) is 7.11 Å². The van der Waals surface area contributed by atoms with Crippen LogP contribution in [0, 0.1) is 4.78 Å². The Morgan fingerprint density at radius 2 is 2.05 bits per heavy atom. The Morgan fingerprint density at radius 1 is 1.30 bits per heavy atom. The maximum atomic E-state index is 12.3. The van der Waals surface area contributed by atoms with Gasteiger partial charge in [-0.3, -0.25) is 0 Å². The first-order valence-corrected chi connectivity index (χ1v) is 7.74. The topological polar surface area (TPSA) is 63.0 Å². The van der Waals surface area contributed by atoms with Gasteiger partial charge in [0.15, 0.2) is 0 Å². The van der Waals surface area contributed by atoms with Gasteiger partial charge in [0.25, 0.3) is 0 Å². The fourth-order valence-corrected chi connectivity index (χ4v) is 2.67. The number of hydrogen-bond acceptors (Lipinski definition) is 4. The summed E-state index contributed by atoms with van der Waals surface area (Å²) in [6, 6.07) is 10.3. The van der Waals surface area contributed by atoms with Crippen LogP contribution >= 0.6 is 11.6 Å². The number of nitrogens with one attached hydrogen (secondary N) is 1. The molecule has 104 valence electrons. The van der Waals surface area contributed by atoms with Gasteiger partial charge in [0.2, 0.25) is 0 Å². The molecule has 0 aliphatic heterocycles. The van der Waals surface area contributed by atoms with Gasteiger partial charge in [-0.2, -0.15) is 0 Å². The van der Waals surface area contributed by atoms with Crippen molar-refractivity contribution >= 4 is 27.4 Å². The number of rotatable bonds is 4. The Kier molecular flexibility index (Phi) is 4.42. The van der Waals surface area contributed by atoms with Crippen LogP contribution in [0.3, 0.4) is 0 Å². The molecule has 1 N–H and O–H groups in total. The Hall–Kier alpha value is -1.85. The van der Waals surface area contributed by atoms with Gasteiger partial charge in [0, 0.05) is 10.4 Å². The molecule has 4 nitrogen and oxygen atoms in total. The van der Waals surface area contributed by atoms with Crippen LogP contribution in [0.25, 0.3) is 6.08 Å². The summed E-state index contributed by atoms with van der Waals surface area (Å²) in [6.07, 6.45) is 3.01. The smallest absolute Gasteiger partial charge is 0.139 e. The first-order valence-electron chi connectivity index (χ1n) is 5.74. The highest BCUT2D eigenvalue weighted by molar-refractivity contribution is 7.95. The lowest BCUT2D eigenvalue weighted by molar-refractivity contribution is 0.412. The second kappa shape index (κ2) is 6.07. The van der Waals surface area contributed by atoms with Crippen molar-refractivity contribution < 1.29 is 8.95 Å². The summed E-state index contributed by atoms with van der Waals surface area (Å²) in [4.78, 5) is 3.98. The van der Waals surface area contributed by atoms with Gasteiger partial charge in [0.1, 0.15) is 20.5 Å². The number of aromatic nitrogens is 1. The fraction of sp³-hybridized carbons (Fsp3) is 0.0714. The van der Waals surface area contributed by atoms with E-state index in [4.69, 9.17) is 21.1 Å². The molecule has 0 radical (unpaired) electrons. The van der Waals surface area contributed by atoms with Crippen molar-refractivity contribution in [1.29, 1.82) is 4.78 Å². The van der Waals surface area contributed by atoms with Gasteiger partial charge in [0.05, 0.1) is 13.3 Å². The lowest BCUT2D eigenvalue weighted by Gasteiger charge is -2.03. The molecule has 1 aromatic heterocycles. The van der Waals surface area contributed by atoms with E-state index >= 15 is 0 Å². The van der Waals surface area contributed by atoms with Gasteiger partial charge < -0.3 is 4.74 Å². The number of methoxy groups -OCH3 is 1. The van der Waals surface area contributed by atoms with E-state index in [0.29, 0.717) is 16.3 Å². The van der Waals surface area contributed by atoms with Crippen molar-refractivity contribution in [2.45, 2.75) is 5.03 Å². The molecule has 1 aromatic carbocycles. The quantitative estimate of drug-likeness (QED) is 0.934. The van der Waals surface area contributed by atoms with Gasteiger partial charge in [-0.15, -0.1) is 0 Å². The van der Waals surface area contributed by atoms with Crippen LogP contribution in [-0.4, -0.2) is 16.3 Å². The third-order valence-corrected chi connectivity index (χ3v) is 4.33. The molecule has 1 heterocycles. The first-order chi connectivity index (χ1) is 9.53. The van der Waals surface area contributed by atoms with Crippen LogP contribution in [0.15, 0.2) is 53.0 Å². The number of benzene rings is 1. The van der Waals surface area contributed by atoms with Crippen molar-refractivity contribution in [3.8, 4) is 5.75 Å². The van der Waals surface area contributed by atoms with Crippen molar-refractivity contribution in [3.63, 3.8) is 0 Å². The molecule has 0 spiro atoms. The van der Waals surface area contributed by atoms with Crippen LogP contribution in [0.5, 0.6) is 5.75 Å². The van der Waals surface area contributed by atoms with E-state index in [1.807, 2.05) is 12.1 Å². The summed E-state index contributed by atoms with van der Waals surface area (Å²) in [6.45, 7) is 0. The molecule has 0 bridgehead atoms. The molecule has 20 heavy (non-hydrogen) atoms. The lowest BCUT2D eigenvalue weighted by atomic mass is 10.2. The summed E-state index contributed by atoms with van der Waals surface area (Å²) in [7, 11) is -1.59. The molecule has 2 aromatic rings. The highest BCUT2D eigenvalue weighted by Gasteiger charge is 2.08. The first kappa shape index (κ1) is 14.6.